The summed E-state index contributed by atoms with van der Waals surface area (Å²) in [6.45, 7) is 8.49. The Hall–Kier alpha value is -2.83. The highest BCUT2D eigenvalue weighted by Gasteiger charge is 2.20. The number of unbranched alkanes of at least 4 members (excludes halogenated alkanes) is 4. The lowest BCUT2D eigenvalue weighted by Gasteiger charge is -2.22. The van der Waals surface area contributed by atoms with Gasteiger partial charge in [-0.05, 0) is 70.2 Å². The smallest absolute Gasteiger partial charge is 0.306 e. The molecular formula is C27H42N4O3. The van der Waals surface area contributed by atoms with E-state index in [9.17, 15) is 9.59 Å². The number of esters is 1. The van der Waals surface area contributed by atoms with Gasteiger partial charge in [0.15, 0.2) is 0 Å². The van der Waals surface area contributed by atoms with E-state index in [0.717, 1.165) is 43.0 Å². The van der Waals surface area contributed by atoms with Crippen molar-refractivity contribution in [2.75, 3.05) is 6.54 Å². The van der Waals surface area contributed by atoms with Crippen LogP contribution in [-0.4, -0.2) is 34.8 Å². The van der Waals surface area contributed by atoms with Crippen molar-refractivity contribution in [1.29, 1.82) is 5.41 Å². The molecule has 0 spiro atoms. The van der Waals surface area contributed by atoms with Gasteiger partial charge in [-0.25, -0.2) is 0 Å². The van der Waals surface area contributed by atoms with Gasteiger partial charge < -0.3 is 20.8 Å². The number of H-pyrrole nitrogens is 1. The van der Waals surface area contributed by atoms with Gasteiger partial charge in [0.25, 0.3) is 5.91 Å². The Morgan fingerprint density at radius 2 is 1.79 bits per heavy atom. The van der Waals surface area contributed by atoms with Crippen LogP contribution in [0, 0.1) is 11.3 Å². The number of carbonyl (C=O) groups is 2. The summed E-state index contributed by atoms with van der Waals surface area (Å²) in [5.74, 6) is 0.0644. The van der Waals surface area contributed by atoms with Gasteiger partial charge in [-0.1, -0.05) is 39.0 Å². The molecule has 1 heterocycles. The van der Waals surface area contributed by atoms with Crippen LogP contribution in [-0.2, 0) is 9.53 Å². The SMILES string of the molecule is CCCCCCC(CCCCNC(=O)c1cc2cc(C(=N)N)ccc2[nH]1)CC(=O)OC(C)(C)C. The van der Waals surface area contributed by atoms with Crippen LogP contribution in [0.3, 0.4) is 0 Å². The van der Waals surface area contributed by atoms with E-state index in [2.05, 4.69) is 17.2 Å². The number of fused-ring (bicyclic) bond motifs is 1. The summed E-state index contributed by atoms with van der Waals surface area (Å²) >= 11 is 0. The first-order chi connectivity index (χ1) is 16.1. The van der Waals surface area contributed by atoms with E-state index in [1.165, 1.54) is 19.3 Å². The second-order valence-electron chi connectivity index (χ2n) is 10.2. The molecule has 0 saturated heterocycles. The molecule has 2 aromatic rings. The van der Waals surface area contributed by atoms with Crippen LogP contribution < -0.4 is 11.1 Å². The molecule has 0 aliphatic rings. The van der Waals surface area contributed by atoms with Gasteiger partial charge in [0.05, 0.1) is 0 Å². The molecule has 0 bridgehead atoms. The number of ether oxygens (including phenoxy) is 1. The molecule has 0 saturated carbocycles. The molecule has 1 atom stereocenters. The normalized spacial score (nSPS) is 12.5. The first-order valence-electron chi connectivity index (χ1n) is 12.6. The quantitative estimate of drug-likeness (QED) is 0.123. The zero-order valence-electron chi connectivity index (χ0n) is 21.3. The van der Waals surface area contributed by atoms with Gasteiger partial charge in [0.1, 0.15) is 17.1 Å². The third-order valence-electron chi connectivity index (χ3n) is 5.84. The molecule has 5 N–H and O–H groups in total. The molecule has 0 fully saturated rings. The molecule has 1 unspecified atom stereocenters. The molecular weight excluding hydrogens is 428 g/mol. The van der Waals surface area contributed by atoms with E-state index in [4.69, 9.17) is 15.9 Å². The highest BCUT2D eigenvalue weighted by molar-refractivity contribution is 6.02. The Balaban J connectivity index is 1.79. The van der Waals surface area contributed by atoms with Crippen LogP contribution in [0.25, 0.3) is 10.9 Å². The van der Waals surface area contributed by atoms with Gasteiger partial charge in [0, 0.05) is 29.4 Å². The third kappa shape index (κ3) is 9.57. The number of benzene rings is 1. The lowest BCUT2D eigenvalue weighted by Crippen LogP contribution is -2.26. The minimum atomic E-state index is -0.454. The zero-order chi connectivity index (χ0) is 25.1. The molecule has 0 aliphatic heterocycles. The van der Waals surface area contributed by atoms with Gasteiger partial charge in [0.2, 0.25) is 0 Å². The average Bonchev–Trinajstić information content (AvgIpc) is 3.18. The van der Waals surface area contributed by atoms with Crippen molar-refractivity contribution in [3.63, 3.8) is 0 Å². The summed E-state index contributed by atoms with van der Waals surface area (Å²) in [6, 6.07) is 7.17. The van der Waals surface area contributed by atoms with Crippen molar-refractivity contribution in [3.05, 3.63) is 35.5 Å². The number of carbonyl (C=O) groups excluding carboxylic acids is 2. The average molecular weight is 471 g/mol. The zero-order valence-corrected chi connectivity index (χ0v) is 21.3. The van der Waals surface area contributed by atoms with E-state index in [0.29, 0.717) is 30.1 Å². The predicted octanol–water partition coefficient (Wildman–Crippen LogP) is 5.67. The molecule has 188 valence electrons. The second kappa shape index (κ2) is 13.2. The van der Waals surface area contributed by atoms with Crippen LogP contribution in [0.15, 0.2) is 24.3 Å². The summed E-state index contributed by atoms with van der Waals surface area (Å²) in [6.07, 6.45) is 9.06. The van der Waals surface area contributed by atoms with Crippen LogP contribution >= 0.6 is 0 Å². The Kier molecular flexibility index (Phi) is 10.6. The number of aromatic nitrogens is 1. The van der Waals surface area contributed by atoms with Crippen LogP contribution in [0.2, 0.25) is 0 Å². The van der Waals surface area contributed by atoms with E-state index in [-0.39, 0.29) is 17.7 Å². The largest absolute Gasteiger partial charge is 0.460 e. The summed E-state index contributed by atoms with van der Waals surface area (Å²) in [5, 5.41) is 11.4. The number of nitrogens with two attached hydrogens (primary N) is 1. The van der Waals surface area contributed by atoms with Crippen LogP contribution in [0.5, 0.6) is 0 Å². The van der Waals surface area contributed by atoms with E-state index in [1.54, 1.807) is 18.2 Å². The van der Waals surface area contributed by atoms with Gasteiger partial charge >= 0.3 is 5.97 Å². The number of aromatic amines is 1. The minimum Gasteiger partial charge on any atom is -0.460 e. The molecule has 2 rings (SSSR count). The highest BCUT2D eigenvalue weighted by Crippen LogP contribution is 2.23. The minimum absolute atomic E-state index is 0.00411. The molecule has 1 amide bonds. The topological polar surface area (TPSA) is 121 Å². The maximum atomic E-state index is 12.5. The van der Waals surface area contributed by atoms with Crippen LogP contribution in [0.1, 0.15) is 102 Å². The van der Waals surface area contributed by atoms with Gasteiger partial charge in [-0.3, -0.25) is 15.0 Å². The lowest BCUT2D eigenvalue weighted by atomic mass is 9.92. The summed E-state index contributed by atoms with van der Waals surface area (Å²) in [5.41, 5.74) is 7.06. The molecule has 1 aromatic heterocycles. The Morgan fingerprint density at radius 1 is 1.09 bits per heavy atom. The third-order valence-corrected chi connectivity index (χ3v) is 5.84. The van der Waals surface area contributed by atoms with Crippen molar-refractivity contribution in [2.45, 2.75) is 91.1 Å². The Labute approximate surface area is 203 Å². The van der Waals surface area contributed by atoms with Gasteiger partial charge in [-0.2, -0.15) is 0 Å². The summed E-state index contributed by atoms with van der Waals surface area (Å²) in [7, 11) is 0. The number of rotatable bonds is 14. The highest BCUT2D eigenvalue weighted by atomic mass is 16.6. The number of nitrogen functional groups attached to an aromatic ring is 1. The summed E-state index contributed by atoms with van der Waals surface area (Å²) < 4.78 is 5.53. The van der Waals surface area contributed by atoms with Crippen molar-refractivity contribution in [1.82, 2.24) is 10.3 Å². The van der Waals surface area contributed by atoms with Crippen molar-refractivity contribution in [3.8, 4) is 0 Å². The molecule has 0 aliphatic carbocycles. The summed E-state index contributed by atoms with van der Waals surface area (Å²) in [4.78, 5) is 28.0. The Bertz CT molecular complexity index is 958. The second-order valence-corrected chi connectivity index (χ2v) is 10.2. The molecule has 7 nitrogen and oxygen atoms in total. The maximum absolute atomic E-state index is 12.5. The first kappa shape index (κ1) is 27.4. The molecule has 34 heavy (non-hydrogen) atoms. The predicted molar refractivity (Wildman–Crippen MR) is 138 cm³/mol. The van der Waals surface area contributed by atoms with Crippen LogP contribution in [0.4, 0.5) is 0 Å². The van der Waals surface area contributed by atoms with Crippen molar-refractivity contribution in [2.24, 2.45) is 11.7 Å². The lowest BCUT2D eigenvalue weighted by molar-refractivity contribution is -0.156. The van der Waals surface area contributed by atoms with Gasteiger partial charge in [-0.15, -0.1) is 0 Å². The number of hydrogen-bond donors (Lipinski definition) is 4. The molecule has 0 radical (unpaired) electrons. The fourth-order valence-corrected chi connectivity index (χ4v) is 4.10. The number of nitrogens with one attached hydrogen (secondary N) is 3. The first-order valence-corrected chi connectivity index (χ1v) is 12.6. The van der Waals surface area contributed by atoms with E-state index in [1.807, 2.05) is 26.8 Å². The number of hydrogen-bond acceptors (Lipinski definition) is 4. The van der Waals surface area contributed by atoms with E-state index < -0.39 is 5.60 Å². The van der Waals surface area contributed by atoms with Crippen molar-refractivity contribution >= 4 is 28.6 Å². The fourth-order valence-electron chi connectivity index (χ4n) is 4.10. The standard InChI is InChI=1S/C27H42N4O3/c1-5-6-7-8-11-19(16-24(32)34-27(2,3)4)12-9-10-15-30-26(33)23-18-21-17-20(25(28)29)13-14-22(21)31-23/h13-14,17-19,31H,5-12,15-16H2,1-4H3,(H3,28,29)(H,30,33). The number of amidine groups is 1. The molecule has 1 aromatic carbocycles. The number of amides is 1. The molecule has 7 heteroatoms. The fraction of sp³-hybridized carbons (Fsp3) is 0.593. The maximum Gasteiger partial charge on any atom is 0.306 e. The van der Waals surface area contributed by atoms with Crippen molar-refractivity contribution < 1.29 is 14.3 Å². The monoisotopic (exact) mass is 470 g/mol. The van der Waals surface area contributed by atoms with E-state index >= 15 is 0 Å². The Morgan fingerprint density at radius 3 is 2.44 bits per heavy atom.